The first-order valence-corrected chi connectivity index (χ1v) is 26.0. The lowest BCUT2D eigenvalue weighted by atomic mass is 9.34. The maximum Gasteiger partial charge on any atom is 0.252 e. The maximum absolute atomic E-state index is 5.88. The molecule has 14 aromatic rings. The summed E-state index contributed by atoms with van der Waals surface area (Å²) in [6.07, 6.45) is 0. The zero-order chi connectivity index (χ0) is 49.8. The van der Waals surface area contributed by atoms with E-state index < -0.39 is 0 Å². The standard InChI is InChI=1S/C68H44BN7/c1-7-23-45(24-8-1)67-70-63-58(72(47-27-11-3-12-28-47)48-29-13-4-14-30-48)41-39-54-65(63)75(67)60-43-51(74-56-37-21-19-35-52(56)53-36-20-22-38-57(53)74)44-61-62(60)69(54)55-40-42-59(64-66(55)76(61)68(71-64)46-25-9-2-10-26-46)73(49-31-15-5-16-32-49)50-33-17-6-18-34-50/h1-44H. The van der Waals surface area contributed by atoms with E-state index in [1.807, 2.05) is 0 Å². The van der Waals surface area contributed by atoms with E-state index in [9.17, 15) is 0 Å². The van der Waals surface area contributed by atoms with Gasteiger partial charge in [-0.15, -0.1) is 0 Å². The van der Waals surface area contributed by atoms with E-state index in [1.54, 1.807) is 0 Å². The molecule has 5 heterocycles. The van der Waals surface area contributed by atoms with Gasteiger partial charge in [-0.05, 0) is 101 Å². The molecule has 0 spiro atoms. The third-order valence-corrected chi connectivity index (χ3v) is 15.6. The van der Waals surface area contributed by atoms with Crippen molar-refractivity contribution in [2.75, 3.05) is 9.80 Å². The molecular formula is C68H44BN7. The van der Waals surface area contributed by atoms with Crippen LogP contribution in [-0.2, 0) is 0 Å². The Balaban J connectivity index is 1.08. The lowest BCUT2D eigenvalue weighted by molar-refractivity contribution is 1.06. The molecule has 11 aromatic carbocycles. The van der Waals surface area contributed by atoms with Crippen LogP contribution in [0.5, 0.6) is 0 Å². The Labute approximate surface area is 439 Å². The van der Waals surface area contributed by atoms with Crippen molar-refractivity contribution in [1.29, 1.82) is 0 Å². The van der Waals surface area contributed by atoms with Gasteiger partial charge in [0.25, 0.3) is 6.71 Å². The summed E-state index contributed by atoms with van der Waals surface area (Å²) in [5, 5.41) is 2.42. The van der Waals surface area contributed by atoms with E-state index in [0.29, 0.717) is 0 Å². The van der Waals surface area contributed by atoms with Gasteiger partial charge in [0.15, 0.2) is 0 Å². The summed E-state index contributed by atoms with van der Waals surface area (Å²) in [5.41, 5.74) is 21.4. The van der Waals surface area contributed by atoms with E-state index in [0.717, 1.165) is 107 Å². The molecule has 3 aromatic heterocycles. The summed E-state index contributed by atoms with van der Waals surface area (Å²) in [7, 11) is 0. The normalized spacial score (nSPS) is 12.2. The number of anilines is 6. The smallest absolute Gasteiger partial charge is 0.252 e. The van der Waals surface area contributed by atoms with Crippen LogP contribution in [0.1, 0.15) is 0 Å². The molecule has 0 N–H and O–H groups in total. The Morgan fingerprint density at radius 1 is 0.329 bits per heavy atom. The summed E-state index contributed by atoms with van der Waals surface area (Å²) in [6.45, 7) is -0.185. The highest BCUT2D eigenvalue weighted by Crippen LogP contribution is 2.46. The van der Waals surface area contributed by atoms with E-state index in [4.69, 9.17) is 9.97 Å². The predicted octanol–water partition coefficient (Wildman–Crippen LogP) is 14.9. The lowest BCUT2D eigenvalue weighted by Crippen LogP contribution is -2.59. The van der Waals surface area contributed by atoms with Gasteiger partial charge in [-0.2, -0.15) is 0 Å². The minimum atomic E-state index is -0.185. The van der Waals surface area contributed by atoms with Gasteiger partial charge >= 0.3 is 0 Å². The molecule has 0 saturated heterocycles. The highest BCUT2D eigenvalue weighted by atomic mass is 15.2. The zero-order valence-electron chi connectivity index (χ0n) is 41.1. The van der Waals surface area contributed by atoms with E-state index in [1.165, 1.54) is 27.2 Å². The Kier molecular flexibility index (Phi) is 9.29. The number of hydrogen-bond acceptors (Lipinski definition) is 4. The largest absolute Gasteiger partial charge is 0.309 e. The van der Waals surface area contributed by atoms with Crippen molar-refractivity contribution < 1.29 is 0 Å². The number of fused-ring (bicyclic) bond motifs is 7. The maximum atomic E-state index is 5.88. The molecule has 2 aliphatic heterocycles. The van der Waals surface area contributed by atoms with E-state index in [2.05, 4.69) is 290 Å². The predicted molar refractivity (Wildman–Crippen MR) is 315 cm³/mol. The van der Waals surface area contributed by atoms with Crippen LogP contribution in [0, 0.1) is 0 Å². The van der Waals surface area contributed by atoms with Crippen LogP contribution in [0.4, 0.5) is 34.1 Å². The molecular weight excluding hydrogens is 926 g/mol. The summed E-state index contributed by atoms with van der Waals surface area (Å²) < 4.78 is 7.42. The topological polar surface area (TPSA) is 47.1 Å². The Morgan fingerprint density at radius 2 is 0.671 bits per heavy atom. The molecule has 8 heteroatoms. The molecule has 0 aliphatic carbocycles. The Morgan fingerprint density at radius 3 is 1.05 bits per heavy atom. The Bertz CT molecular complexity index is 4210. The minimum Gasteiger partial charge on any atom is -0.309 e. The number of para-hydroxylation sites is 6. The van der Waals surface area contributed by atoms with Crippen molar-refractivity contribution in [2.24, 2.45) is 0 Å². The van der Waals surface area contributed by atoms with Gasteiger partial charge in [0, 0.05) is 56.0 Å². The van der Waals surface area contributed by atoms with Crippen LogP contribution in [0.15, 0.2) is 267 Å². The van der Waals surface area contributed by atoms with Gasteiger partial charge in [-0.25, -0.2) is 9.97 Å². The molecule has 76 heavy (non-hydrogen) atoms. The number of hydrogen-bond donors (Lipinski definition) is 0. The number of nitrogens with zero attached hydrogens (tertiary/aromatic N) is 7. The fraction of sp³-hybridized carbons (Fsp3) is 0. The average Bonchev–Trinajstić information content (AvgIpc) is 4.36. The van der Waals surface area contributed by atoms with Crippen LogP contribution >= 0.6 is 0 Å². The van der Waals surface area contributed by atoms with Crippen LogP contribution in [0.25, 0.3) is 83.7 Å². The second-order valence-corrected chi connectivity index (χ2v) is 19.7. The van der Waals surface area contributed by atoms with Crippen molar-refractivity contribution in [3.8, 4) is 39.8 Å². The number of aromatic nitrogens is 5. The molecule has 0 atom stereocenters. The number of imidazole rings is 2. The molecule has 0 saturated carbocycles. The number of benzene rings is 11. The minimum absolute atomic E-state index is 0.185. The van der Waals surface area contributed by atoms with Crippen molar-refractivity contribution >= 4 is 101 Å². The van der Waals surface area contributed by atoms with Gasteiger partial charge < -0.3 is 14.4 Å². The second kappa shape index (κ2) is 16.7. The van der Waals surface area contributed by atoms with Crippen molar-refractivity contribution in [1.82, 2.24) is 23.7 Å². The monoisotopic (exact) mass is 969 g/mol. The summed E-state index contributed by atoms with van der Waals surface area (Å²) >= 11 is 0. The molecule has 0 bridgehead atoms. The molecule has 2 aliphatic rings. The third kappa shape index (κ3) is 6.18. The van der Waals surface area contributed by atoms with Crippen molar-refractivity contribution in [3.63, 3.8) is 0 Å². The fourth-order valence-electron chi connectivity index (χ4n) is 12.5. The fourth-order valence-corrected chi connectivity index (χ4v) is 12.5. The first-order chi connectivity index (χ1) is 37.8. The summed E-state index contributed by atoms with van der Waals surface area (Å²) in [4.78, 5) is 16.5. The highest BCUT2D eigenvalue weighted by molar-refractivity contribution is 7.00. The SMILES string of the molecule is c1ccc(-c2nc3c(N(c4ccccc4)c4ccccc4)ccc4c3n2-c2cc(-n3c5ccccc5c5ccccc53)cc3c2B4c2ccc(N(c4ccccc4)c4ccccc4)c4nc(-c5ccccc5)n-3c24)cc1. The molecule has 0 fully saturated rings. The van der Waals surface area contributed by atoms with Crippen molar-refractivity contribution in [2.45, 2.75) is 0 Å². The third-order valence-electron chi connectivity index (χ3n) is 15.6. The Hall–Kier alpha value is -10.2. The van der Waals surface area contributed by atoms with E-state index in [-0.39, 0.29) is 6.71 Å². The van der Waals surface area contributed by atoms with Crippen LogP contribution < -0.4 is 26.2 Å². The lowest BCUT2D eigenvalue weighted by Gasteiger charge is -2.35. The molecule has 16 rings (SSSR count). The van der Waals surface area contributed by atoms with Gasteiger partial charge in [0.05, 0.1) is 39.1 Å². The van der Waals surface area contributed by atoms with Crippen LogP contribution in [0.3, 0.4) is 0 Å². The van der Waals surface area contributed by atoms with Gasteiger partial charge in [0.2, 0.25) is 0 Å². The average molecular weight is 970 g/mol. The number of rotatable bonds is 9. The first kappa shape index (κ1) is 42.3. The molecule has 0 unspecified atom stereocenters. The quantitative estimate of drug-likeness (QED) is 0.135. The molecule has 354 valence electrons. The van der Waals surface area contributed by atoms with E-state index >= 15 is 0 Å². The molecule has 0 radical (unpaired) electrons. The summed E-state index contributed by atoms with van der Waals surface area (Å²) in [5.74, 6) is 1.76. The second-order valence-electron chi connectivity index (χ2n) is 19.7. The van der Waals surface area contributed by atoms with Gasteiger partial charge in [-0.1, -0.05) is 182 Å². The van der Waals surface area contributed by atoms with Crippen LogP contribution in [-0.4, -0.2) is 30.4 Å². The molecule has 7 nitrogen and oxygen atoms in total. The van der Waals surface area contributed by atoms with Gasteiger partial charge in [-0.3, -0.25) is 9.13 Å². The van der Waals surface area contributed by atoms with Crippen molar-refractivity contribution in [3.05, 3.63) is 267 Å². The van der Waals surface area contributed by atoms with Gasteiger partial charge in [0.1, 0.15) is 22.7 Å². The summed E-state index contributed by atoms with van der Waals surface area (Å²) in [6, 6.07) is 96.0. The zero-order valence-corrected chi connectivity index (χ0v) is 41.1. The highest BCUT2D eigenvalue weighted by Gasteiger charge is 2.43. The van der Waals surface area contributed by atoms with Crippen LogP contribution in [0.2, 0.25) is 0 Å². The molecule has 0 amide bonds. The first-order valence-electron chi connectivity index (χ1n) is 26.0.